The fraction of sp³-hybridized carbons (Fsp3) is 0.233. The van der Waals surface area contributed by atoms with Gasteiger partial charge in [-0.25, -0.2) is 4.98 Å². The molecule has 0 aliphatic carbocycles. The first-order chi connectivity index (χ1) is 18.0. The van der Waals surface area contributed by atoms with Crippen LogP contribution < -0.4 is 14.5 Å². The zero-order valence-electron chi connectivity index (χ0n) is 21.2. The highest BCUT2D eigenvalue weighted by atomic mass is 16.5. The first-order valence-corrected chi connectivity index (χ1v) is 12.5. The van der Waals surface area contributed by atoms with Gasteiger partial charge in [0.25, 0.3) is 5.91 Å². The lowest BCUT2D eigenvalue weighted by Gasteiger charge is -2.40. The maximum absolute atomic E-state index is 14.0. The van der Waals surface area contributed by atoms with Crippen molar-refractivity contribution in [3.63, 3.8) is 0 Å². The maximum Gasteiger partial charge on any atom is 0.258 e. The number of rotatable bonds is 6. The Morgan fingerprint density at radius 1 is 1.03 bits per heavy atom. The molecule has 1 unspecified atom stereocenters. The minimum Gasteiger partial charge on any atom is -0.497 e. The van der Waals surface area contributed by atoms with Crippen molar-refractivity contribution in [1.29, 1.82) is 0 Å². The summed E-state index contributed by atoms with van der Waals surface area (Å²) >= 11 is 0. The van der Waals surface area contributed by atoms with Gasteiger partial charge in [0.2, 0.25) is 5.91 Å². The molecule has 37 heavy (non-hydrogen) atoms. The monoisotopic (exact) mass is 494 g/mol. The van der Waals surface area contributed by atoms with Crippen molar-refractivity contribution in [3.05, 3.63) is 103 Å². The molecule has 5 rings (SSSR count). The summed E-state index contributed by atoms with van der Waals surface area (Å²) in [5, 5.41) is 0. The smallest absolute Gasteiger partial charge is 0.258 e. The number of amides is 2. The van der Waals surface area contributed by atoms with Gasteiger partial charge in [-0.2, -0.15) is 0 Å². The van der Waals surface area contributed by atoms with E-state index >= 15 is 0 Å². The number of anilines is 2. The van der Waals surface area contributed by atoms with E-state index in [-0.39, 0.29) is 23.8 Å². The predicted molar refractivity (Wildman–Crippen MR) is 145 cm³/mol. The average molecular weight is 495 g/mol. The Morgan fingerprint density at radius 2 is 1.76 bits per heavy atom. The van der Waals surface area contributed by atoms with Crippen molar-refractivity contribution < 1.29 is 14.3 Å². The Morgan fingerprint density at radius 3 is 2.41 bits per heavy atom. The first-order valence-electron chi connectivity index (χ1n) is 12.5. The van der Waals surface area contributed by atoms with Gasteiger partial charge in [-0.15, -0.1) is 0 Å². The summed E-state index contributed by atoms with van der Waals surface area (Å²) < 4.78 is 7.16. The molecular formula is C30H30N4O3. The Bertz CT molecular complexity index is 1380. The number of imidazole rings is 1. The van der Waals surface area contributed by atoms with Gasteiger partial charge in [0.1, 0.15) is 5.75 Å². The Hall–Kier alpha value is -4.39. The summed E-state index contributed by atoms with van der Waals surface area (Å²) in [6, 6.07) is 22.6. The quantitative estimate of drug-likeness (QED) is 0.357. The van der Waals surface area contributed by atoms with E-state index in [0.29, 0.717) is 24.3 Å². The van der Waals surface area contributed by atoms with E-state index in [4.69, 9.17) is 4.74 Å². The van der Waals surface area contributed by atoms with E-state index in [0.717, 1.165) is 22.6 Å². The van der Waals surface area contributed by atoms with Crippen LogP contribution in [0.1, 0.15) is 42.1 Å². The summed E-state index contributed by atoms with van der Waals surface area (Å²) in [5.41, 5.74) is 4.07. The fourth-order valence-electron chi connectivity index (χ4n) is 5.10. The van der Waals surface area contributed by atoms with E-state index in [1.807, 2.05) is 82.9 Å². The molecule has 4 aromatic rings. The standard InChI is InChI=1S/C30H30N4O3/c1-4-33(24-13-11-23(12-14-24)32-18-17-31-20-32)30(36)27-19-21(2)34(28-8-6-5-7-26(27)28)29(35)22-9-15-25(37-3)16-10-22/h5-18,20-21,27H,4,19H2,1-3H3/t21-,27?/m0/s1. The van der Waals surface area contributed by atoms with Crippen LogP contribution in [0.2, 0.25) is 0 Å². The molecule has 1 aliphatic heterocycles. The second kappa shape index (κ2) is 10.3. The molecule has 2 amide bonds. The van der Waals surface area contributed by atoms with Crippen LogP contribution in [0, 0.1) is 0 Å². The highest BCUT2D eigenvalue weighted by Gasteiger charge is 2.38. The van der Waals surface area contributed by atoms with Crippen LogP contribution in [-0.4, -0.2) is 41.1 Å². The molecule has 0 bridgehead atoms. The van der Waals surface area contributed by atoms with Gasteiger partial charge in [-0.1, -0.05) is 18.2 Å². The molecule has 2 atom stereocenters. The Kier molecular flexibility index (Phi) is 6.77. The van der Waals surface area contributed by atoms with Gasteiger partial charge in [0.05, 0.1) is 19.4 Å². The molecule has 7 heteroatoms. The lowest BCUT2D eigenvalue weighted by molar-refractivity contribution is -0.120. The average Bonchev–Trinajstić information content (AvgIpc) is 3.48. The number of hydrogen-bond acceptors (Lipinski definition) is 4. The molecule has 188 valence electrons. The SMILES string of the molecule is CCN(C(=O)C1C[C@H](C)N(C(=O)c2ccc(OC)cc2)c2ccccc21)c1ccc(-n2ccnc2)cc1. The molecule has 0 fully saturated rings. The highest BCUT2D eigenvalue weighted by Crippen LogP contribution is 2.41. The minimum absolute atomic E-state index is 0.0359. The number of methoxy groups -OCH3 is 1. The third-order valence-electron chi connectivity index (χ3n) is 6.99. The molecule has 0 N–H and O–H groups in total. The van der Waals surface area contributed by atoms with Crippen LogP contribution in [-0.2, 0) is 4.79 Å². The molecular weight excluding hydrogens is 464 g/mol. The third kappa shape index (κ3) is 4.60. The summed E-state index contributed by atoms with van der Waals surface area (Å²) in [7, 11) is 1.60. The summed E-state index contributed by atoms with van der Waals surface area (Å²) in [5.74, 6) is 0.302. The van der Waals surface area contributed by atoms with Gasteiger partial charge < -0.3 is 19.1 Å². The Balaban J connectivity index is 1.44. The molecule has 1 aromatic heterocycles. The highest BCUT2D eigenvalue weighted by molar-refractivity contribution is 6.09. The van der Waals surface area contributed by atoms with Gasteiger partial charge in [0.15, 0.2) is 0 Å². The second-order valence-electron chi connectivity index (χ2n) is 9.17. The van der Waals surface area contributed by atoms with Crippen LogP contribution in [0.15, 0.2) is 91.5 Å². The van der Waals surface area contributed by atoms with Crippen LogP contribution in [0.4, 0.5) is 11.4 Å². The molecule has 3 aromatic carbocycles. The number of benzene rings is 3. The first kappa shape index (κ1) is 24.3. The van der Waals surface area contributed by atoms with Crippen molar-refractivity contribution in [1.82, 2.24) is 9.55 Å². The summed E-state index contributed by atoms with van der Waals surface area (Å²) in [4.78, 5) is 35.3. The molecule has 0 radical (unpaired) electrons. The zero-order chi connectivity index (χ0) is 25.9. The van der Waals surface area contributed by atoms with Crippen LogP contribution in [0.3, 0.4) is 0 Å². The van der Waals surface area contributed by atoms with E-state index < -0.39 is 0 Å². The van der Waals surface area contributed by atoms with Crippen molar-refractivity contribution in [2.45, 2.75) is 32.2 Å². The topological polar surface area (TPSA) is 67.7 Å². The van der Waals surface area contributed by atoms with E-state index in [1.165, 1.54) is 0 Å². The lowest BCUT2D eigenvalue weighted by Crippen LogP contribution is -2.46. The molecule has 0 saturated heterocycles. The van der Waals surface area contributed by atoms with Gasteiger partial charge in [-0.05, 0) is 80.4 Å². The van der Waals surface area contributed by atoms with E-state index in [1.54, 1.807) is 43.9 Å². The van der Waals surface area contributed by atoms with Crippen molar-refractivity contribution in [2.24, 2.45) is 0 Å². The normalized spacial score (nSPS) is 16.7. The summed E-state index contributed by atoms with van der Waals surface area (Å²) in [6.07, 6.45) is 5.91. The number of para-hydroxylation sites is 1. The second-order valence-corrected chi connectivity index (χ2v) is 9.17. The number of hydrogen-bond donors (Lipinski definition) is 0. The van der Waals surface area contributed by atoms with Gasteiger partial charge in [-0.3, -0.25) is 9.59 Å². The number of aromatic nitrogens is 2. The zero-order valence-corrected chi connectivity index (χ0v) is 21.2. The molecule has 1 aliphatic rings. The Labute approximate surface area is 216 Å². The van der Waals surface area contributed by atoms with E-state index in [9.17, 15) is 9.59 Å². The van der Waals surface area contributed by atoms with Crippen LogP contribution in [0.5, 0.6) is 5.75 Å². The van der Waals surface area contributed by atoms with Crippen molar-refractivity contribution in [3.8, 4) is 11.4 Å². The number of carbonyl (C=O) groups excluding carboxylic acids is 2. The number of likely N-dealkylation sites (N-methyl/N-ethyl adjacent to an activating group) is 1. The predicted octanol–water partition coefficient (Wildman–Crippen LogP) is 5.46. The van der Waals surface area contributed by atoms with Crippen molar-refractivity contribution in [2.75, 3.05) is 23.5 Å². The van der Waals surface area contributed by atoms with E-state index in [2.05, 4.69) is 4.98 Å². The maximum atomic E-state index is 14.0. The minimum atomic E-state index is -0.348. The van der Waals surface area contributed by atoms with Crippen LogP contribution in [0.25, 0.3) is 5.69 Å². The molecule has 0 spiro atoms. The fourth-order valence-corrected chi connectivity index (χ4v) is 5.10. The van der Waals surface area contributed by atoms with Crippen LogP contribution >= 0.6 is 0 Å². The van der Waals surface area contributed by atoms with Gasteiger partial charge >= 0.3 is 0 Å². The largest absolute Gasteiger partial charge is 0.497 e. The lowest BCUT2D eigenvalue weighted by atomic mass is 9.84. The molecule has 0 saturated carbocycles. The third-order valence-corrected chi connectivity index (χ3v) is 6.99. The van der Waals surface area contributed by atoms with Crippen molar-refractivity contribution >= 4 is 23.2 Å². The number of fused-ring (bicyclic) bond motifs is 1. The number of nitrogens with zero attached hydrogens (tertiary/aromatic N) is 4. The van der Waals surface area contributed by atoms with Gasteiger partial charge in [0, 0.05) is 47.6 Å². The number of carbonyl (C=O) groups is 2. The summed E-state index contributed by atoms with van der Waals surface area (Å²) in [6.45, 7) is 4.54. The number of ether oxygens (including phenoxy) is 1. The molecule has 2 heterocycles. The molecule has 7 nitrogen and oxygen atoms in total.